The number of aryl methyl sites for hydroxylation is 2. The molecule has 108 valence electrons. The van der Waals surface area contributed by atoms with E-state index in [1.165, 1.54) is 7.11 Å². The molecule has 0 aromatic carbocycles. The Morgan fingerprint density at radius 3 is 2.52 bits per heavy atom. The summed E-state index contributed by atoms with van der Waals surface area (Å²) in [6.45, 7) is 5.08. The second-order valence-electron chi connectivity index (χ2n) is 5.05. The van der Waals surface area contributed by atoms with Crippen LogP contribution in [-0.4, -0.2) is 28.0 Å². The van der Waals surface area contributed by atoms with Gasteiger partial charge in [-0.25, -0.2) is 14.8 Å². The Hall–Kier alpha value is -2.34. The lowest BCUT2D eigenvalue weighted by Crippen LogP contribution is -2.11. The molecule has 0 amide bonds. The van der Waals surface area contributed by atoms with Gasteiger partial charge in [-0.3, -0.25) is 4.98 Å². The fraction of sp³-hybridized carbons (Fsp3) is 0.333. The van der Waals surface area contributed by atoms with E-state index in [4.69, 9.17) is 4.74 Å². The van der Waals surface area contributed by atoms with E-state index in [0.29, 0.717) is 24.6 Å². The first-order valence-corrected chi connectivity index (χ1v) is 6.73. The molecule has 0 unspecified atom stereocenters. The van der Waals surface area contributed by atoms with Crippen molar-refractivity contribution in [3.05, 3.63) is 40.5 Å². The van der Waals surface area contributed by atoms with Crippen molar-refractivity contribution in [1.29, 1.82) is 0 Å². The molecule has 0 fully saturated rings. The van der Waals surface area contributed by atoms with Crippen molar-refractivity contribution < 1.29 is 9.53 Å². The summed E-state index contributed by atoms with van der Waals surface area (Å²) in [4.78, 5) is 25.3. The van der Waals surface area contributed by atoms with Gasteiger partial charge in [0.05, 0.1) is 12.8 Å². The van der Waals surface area contributed by atoms with E-state index in [2.05, 4.69) is 20.3 Å². The smallest absolute Gasteiger partial charge is 0.357 e. The van der Waals surface area contributed by atoms with Crippen molar-refractivity contribution >= 4 is 5.97 Å². The Morgan fingerprint density at radius 2 is 1.86 bits per heavy atom. The fourth-order valence-electron chi connectivity index (χ4n) is 2.53. The summed E-state index contributed by atoms with van der Waals surface area (Å²) in [6.07, 6.45) is 0. The number of aromatic nitrogens is 3. The molecule has 0 bridgehead atoms. The molecule has 2 aromatic heterocycles. The van der Waals surface area contributed by atoms with Crippen LogP contribution in [0.25, 0.3) is 11.4 Å². The van der Waals surface area contributed by atoms with Crippen LogP contribution in [-0.2, 0) is 17.8 Å². The maximum absolute atomic E-state index is 11.9. The van der Waals surface area contributed by atoms with E-state index >= 15 is 0 Å². The van der Waals surface area contributed by atoms with Crippen molar-refractivity contribution in [2.45, 2.75) is 26.9 Å². The highest BCUT2D eigenvalue weighted by Crippen LogP contribution is 2.23. The van der Waals surface area contributed by atoms with Gasteiger partial charge in [0.25, 0.3) is 0 Å². The van der Waals surface area contributed by atoms with Crippen LogP contribution in [0.4, 0.5) is 0 Å². The molecule has 3 rings (SSSR count). The van der Waals surface area contributed by atoms with Gasteiger partial charge in [0, 0.05) is 35.6 Å². The zero-order chi connectivity index (χ0) is 15.0. The van der Waals surface area contributed by atoms with E-state index in [-0.39, 0.29) is 0 Å². The number of nitrogens with one attached hydrogen (secondary N) is 1. The number of carbonyl (C=O) groups is 1. The Balaban J connectivity index is 2.17. The minimum atomic E-state index is -0.430. The maximum atomic E-state index is 11.9. The predicted molar refractivity (Wildman–Crippen MR) is 76.6 cm³/mol. The van der Waals surface area contributed by atoms with Crippen LogP contribution in [0.15, 0.2) is 12.1 Å². The first-order chi connectivity index (χ1) is 10.1. The SMILES string of the molecule is COC(=O)c1nc(-c2cc(C)nc(C)c2)nc2c1CNC2. The number of nitrogens with zero attached hydrogens (tertiary/aromatic N) is 3. The second-order valence-corrected chi connectivity index (χ2v) is 5.05. The third-order valence-electron chi connectivity index (χ3n) is 3.41. The van der Waals surface area contributed by atoms with E-state index in [1.54, 1.807) is 0 Å². The number of carbonyl (C=O) groups excluding carboxylic acids is 1. The lowest BCUT2D eigenvalue weighted by molar-refractivity contribution is 0.0592. The molecular weight excluding hydrogens is 268 g/mol. The van der Waals surface area contributed by atoms with Gasteiger partial charge >= 0.3 is 5.97 Å². The molecule has 3 heterocycles. The lowest BCUT2D eigenvalue weighted by Gasteiger charge is -2.09. The standard InChI is InChI=1S/C15H16N4O2/c1-8-4-10(5-9(2)17-8)14-18-12-7-16-6-11(12)13(19-14)15(20)21-3/h4-5,16H,6-7H2,1-3H3. The molecule has 1 aliphatic heterocycles. The van der Waals surface area contributed by atoms with E-state index in [1.807, 2.05) is 26.0 Å². The predicted octanol–water partition coefficient (Wildman–Crippen LogP) is 1.55. The quantitative estimate of drug-likeness (QED) is 0.843. The van der Waals surface area contributed by atoms with E-state index in [0.717, 1.165) is 28.2 Å². The molecule has 0 atom stereocenters. The Kier molecular flexibility index (Phi) is 3.39. The number of esters is 1. The monoisotopic (exact) mass is 284 g/mol. The van der Waals surface area contributed by atoms with Gasteiger partial charge in [-0.05, 0) is 26.0 Å². The number of fused-ring (bicyclic) bond motifs is 1. The summed E-state index contributed by atoms with van der Waals surface area (Å²) in [7, 11) is 1.36. The topological polar surface area (TPSA) is 77.0 Å². The normalized spacial score (nSPS) is 13.1. The highest BCUT2D eigenvalue weighted by Gasteiger charge is 2.24. The van der Waals surface area contributed by atoms with Crippen LogP contribution in [0, 0.1) is 13.8 Å². The van der Waals surface area contributed by atoms with Crippen LogP contribution in [0.1, 0.15) is 33.1 Å². The molecule has 1 aliphatic rings. The fourth-order valence-corrected chi connectivity index (χ4v) is 2.53. The zero-order valence-electron chi connectivity index (χ0n) is 12.2. The van der Waals surface area contributed by atoms with Crippen LogP contribution in [0.5, 0.6) is 0 Å². The molecule has 21 heavy (non-hydrogen) atoms. The van der Waals surface area contributed by atoms with Crippen molar-refractivity contribution in [2.75, 3.05) is 7.11 Å². The molecule has 1 N–H and O–H groups in total. The molecule has 2 aromatic rings. The molecule has 0 spiro atoms. The van der Waals surface area contributed by atoms with Crippen LogP contribution < -0.4 is 5.32 Å². The average Bonchev–Trinajstić information content (AvgIpc) is 2.92. The number of hydrogen-bond acceptors (Lipinski definition) is 6. The number of rotatable bonds is 2. The summed E-state index contributed by atoms with van der Waals surface area (Å²) in [5.41, 5.74) is 4.67. The van der Waals surface area contributed by atoms with Crippen LogP contribution in [0.2, 0.25) is 0 Å². The Bertz CT molecular complexity index is 708. The van der Waals surface area contributed by atoms with Gasteiger partial charge < -0.3 is 10.1 Å². The summed E-state index contributed by atoms with van der Waals surface area (Å²) in [5, 5.41) is 3.19. The van der Waals surface area contributed by atoms with E-state index < -0.39 is 5.97 Å². The second kappa shape index (κ2) is 5.21. The third kappa shape index (κ3) is 2.50. The summed E-state index contributed by atoms with van der Waals surface area (Å²) >= 11 is 0. The minimum absolute atomic E-state index is 0.342. The van der Waals surface area contributed by atoms with Gasteiger partial charge in [0.2, 0.25) is 0 Å². The van der Waals surface area contributed by atoms with Crippen LogP contribution >= 0.6 is 0 Å². The average molecular weight is 284 g/mol. The van der Waals surface area contributed by atoms with Gasteiger partial charge in [-0.1, -0.05) is 0 Å². The van der Waals surface area contributed by atoms with Gasteiger partial charge in [0.1, 0.15) is 0 Å². The minimum Gasteiger partial charge on any atom is -0.464 e. The van der Waals surface area contributed by atoms with Crippen molar-refractivity contribution in [1.82, 2.24) is 20.3 Å². The first kappa shape index (κ1) is 13.6. The third-order valence-corrected chi connectivity index (χ3v) is 3.41. The Labute approximate surface area is 122 Å². The molecule has 6 heteroatoms. The molecule has 0 saturated carbocycles. The Morgan fingerprint density at radius 1 is 1.14 bits per heavy atom. The molecule has 0 saturated heterocycles. The number of pyridine rings is 1. The molecule has 0 aliphatic carbocycles. The maximum Gasteiger partial charge on any atom is 0.357 e. The molecular formula is C15H16N4O2. The first-order valence-electron chi connectivity index (χ1n) is 6.73. The summed E-state index contributed by atoms with van der Waals surface area (Å²) in [6, 6.07) is 3.83. The largest absolute Gasteiger partial charge is 0.464 e. The van der Waals surface area contributed by atoms with Crippen LogP contribution in [0.3, 0.4) is 0 Å². The molecule has 6 nitrogen and oxygen atoms in total. The number of methoxy groups -OCH3 is 1. The van der Waals surface area contributed by atoms with Gasteiger partial charge in [-0.2, -0.15) is 0 Å². The van der Waals surface area contributed by atoms with Crippen molar-refractivity contribution in [3.8, 4) is 11.4 Å². The van der Waals surface area contributed by atoms with Crippen molar-refractivity contribution in [2.24, 2.45) is 0 Å². The van der Waals surface area contributed by atoms with Gasteiger partial charge in [0.15, 0.2) is 11.5 Å². The summed E-state index contributed by atoms with van der Waals surface area (Å²) in [5.74, 6) is 0.104. The number of ether oxygens (including phenoxy) is 1. The zero-order valence-corrected chi connectivity index (χ0v) is 12.2. The highest BCUT2D eigenvalue weighted by molar-refractivity contribution is 5.89. The highest BCUT2D eigenvalue weighted by atomic mass is 16.5. The van der Waals surface area contributed by atoms with Gasteiger partial charge in [-0.15, -0.1) is 0 Å². The van der Waals surface area contributed by atoms with E-state index in [9.17, 15) is 4.79 Å². The number of hydrogen-bond donors (Lipinski definition) is 1. The summed E-state index contributed by atoms with van der Waals surface area (Å²) < 4.78 is 4.83. The molecule has 0 radical (unpaired) electrons. The van der Waals surface area contributed by atoms with Crippen molar-refractivity contribution in [3.63, 3.8) is 0 Å². The lowest BCUT2D eigenvalue weighted by atomic mass is 10.1.